The normalized spacial score (nSPS) is 12.7. The lowest BCUT2D eigenvalue weighted by Crippen LogP contribution is -2.15. The molecular weight excluding hydrogens is 438 g/mol. The molecule has 4 aromatic rings. The number of halogens is 1. The molecule has 0 bridgehead atoms. The Kier molecular flexibility index (Phi) is 5.31. The molecule has 10 heteroatoms. The highest BCUT2D eigenvalue weighted by atomic mass is 35.5. The second-order valence-corrected chi connectivity index (χ2v) is 9.41. The number of rotatable bonds is 5. The van der Waals surface area contributed by atoms with E-state index in [0.717, 1.165) is 9.54 Å². The molecule has 0 unspecified atom stereocenters. The van der Waals surface area contributed by atoms with Gasteiger partial charge in [0.25, 0.3) is 10.0 Å². The Balaban J connectivity index is 2.01. The summed E-state index contributed by atoms with van der Waals surface area (Å²) in [6.45, 7) is 3.75. The summed E-state index contributed by atoms with van der Waals surface area (Å²) < 4.78 is 29.9. The molecule has 158 valence electrons. The molecule has 31 heavy (non-hydrogen) atoms. The molecule has 0 radical (unpaired) electrons. The number of hydrogen-bond acceptors (Lipinski definition) is 6. The number of hydrogen-bond donors (Lipinski definition) is 1. The lowest BCUT2D eigenvalue weighted by molar-refractivity contribution is 0.168. The summed E-state index contributed by atoms with van der Waals surface area (Å²) in [5.74, 6) is 0. The van der Waals surface area contributed by atoms with Gasteiger partial charge < -0.3 is 5.11 Å². The maximum atomic E-state index is 13.6. The van der Waals surface area contributed by atoms with Crippen molar-refractivity contribution in [3.05, 3.63) is 65.1 Å². The Labute approximate surface area is 184 Å². The Morgan fingerprint density at radius 1 is 1.26 bits per heavy atom. The fourth-order valence-electron chi connectivity index (χ4n) is 3.30. The first-order chi connectivity index (χ1) is 14.7. The molecule has 3 heterocycles. The average molecular weight is 456 g/mol. The fourth-order valence-corrected chi connectivity index (χ4v) is 5.01. The van der Waals surface area contributed by atoms with Crippen LogP contribution in [0.2, 0.25) is 5.02 Å². The van der Waals surface area contributed by atoms with Crippen LogP contribution in [0.5, 0.6) is 0 Å². The van der Waals surface area contributed by atoms with Crippen LogP contribution in [0.15, 0.2) is 53.8 Å². The third kappa shape index (κ3) is 3.70. The highest BCUT2D eigenvalue weighted by Crippen LogP contribution is 2.35. The van der Waals surface area contributed by atoms with E-state index in [1.807, 2.05) is 13.0 Å². The zero-order valence-electron chi connectivity index (χ0n) is 16.7. The smallest absolute Gasteiger partial charge is 0.269 e. The minimum atomic E-state index is -4.04. The van der Waals surface area contributed by atoms with E-state index in [4.69, 9.17) is 11.6 Å². The van der Waals surface area contributed by atoms with Crippen LogP contribution in [0.1, 0.15) is 18.1 Å². The van der Waals surface area contributed by atoms with Crippen LogP contribution in [0.25, 0.3) is 22.3 Å². The summed E-state index contributed by atoms with van der Waals surface area (Å²) in [5.41, 5.74) is 2.00. The quantitative estimate of drug-likeness (QED) is 0.493. The number of aromatic nitrogens is 4. The van der Waals surface area contributed by atoms with Gasteiger partial charge in [0.05, 0.1) is 40.0 Å². The van der Waals surface area contributed by atoms with Crippen molar-refractivity contribution in [3.8, 4) is 17.3 Å². The molecule has 0 aliphatic rings. The van der Waals surface area contributed by atoms with Gasteiger partial charge in [0.2, 0.25) is 0 Å². The summed E-state index contributed by atoms with van der Waals surface area (Å²) in [6.07, 6.45) is 3.79. The topological polar surface area (TPSA) is 114 Å². The van der Waals surface area contributed by atoms with Gasteiger partial charge in [-0.1, -0.05) is 29.3 Å². The van der Waals surface area contributed by atoms with Crippen LogP contribution in [0, 0.1) is 18.3 Å². The van der Waals surface area contributed by atoms with E-state index in [1.165, 1.54) is 29.2 Å². The monoisotopic (exact) mass is 455 g/mol. The summed E-state index contributed by atoms with van der Waals surface area (Å²) in [5, 5.41) is 23.6. The molecule has 1 atom stereocenters. The van der Waals surface area contributed by atoms with Gasteiger partial charge in [-0.2, -0.15) is 10.4 Å². The van der Waals surface area contributed by atoms with E-state index in [0.29, 0.717) is 16.6 Å². The maximum absolute atomic E-state index is 13.6. The molecule has 0 spiro atoms. The second-order valence-electron chi connectivity index (χ2n) is 7.25. The van der Waals surface area contributed by atoms with Crippen molar-refractivity contribution in [1.82, 2.24) is 18.7 Å². The first kappa shape index (κ1) is 21.1. The molecule has 0 amide bonds. The minimum Gasteiger partial charge on any atom is -0.391 e. The summed E-state index contributed by atoms with van der Waals surface area (Å²) >= 11 is 6.38. The Morgan fingerprint density at radius 2 is 1.97 bits per heavy atom. The molecule has 4 rings (SSSR count). The Morgan fingerprint density at radius 3 is 2.61 bits per heavy atom. The van der Waals surface area contributed by atoms with E-state index in [9.17, 15) is 18.8 Å². The number of aliphatic hydroxyl groups is 1. The van der Waals surface area contributed by atoms with Crippen molar-refractivity contribution in [1.29, 1.82) is 5.26 Å². The zero-order chi connectivity index (χ0) is 22.3. The SMILES string of the molecule is Cc1ccc(S(=O)(=O)n2c(-c3cnn(C[C@@H](C)O)c3)cc3c(Cl)c(C#N)cnc32)cc1. The van der Waals surface area contributed by atoms with Gasteiger partial charge in [-0.3, -0.25) is 4.68 Å². The summed E-state index contributed by atoms with van der Waals surface area (Å²) in [7, 11) is -4.04. The van der Waals surface area contributed by atoms with Gasteiger partial charge >= 0.3 is 0 Å². The van der Waals surface area contributed by atoms with Crippen LogP contribution in [0.3, 0.4) is 0 Å². The van der Waals surface area contributed by atoms with Crippen LogP contribution >= 0.6 is 11.6 Å². The van der Waals surface area contributed by atoms with Gasteiger partial charge in [-0.15, -0.1) is 0 Å². The average Bonchev–Trinajstić information content (AvgIpc) is 3.33. The number of nitrogens with zero attached hydrogens (tertiary/aromatic N) is 5. The van der Waals surface area contributed by atoms with Crippen molar-refractivity contribution < 1.29 is 13.5 Å². The molecule has 0 saturated heterocycles. The molecule has 0 saturated carbocycles. The van der Waals surface area contributed by atoms with Crippen molar-refractivity contribution in [2.24, 2.45) is 0 Å². The van der Waals surface area contributed by atoms with Crippen molar-refractivity contribution in [2.45, 2.75) is 31.4 Å². The van der Waals surface area contributed by atoms with E-state index in [-0.39, 0.29) is 27.7 Å². The second kappa shape index (κ2) is 7.81. The maximum Gasteiger partial charge on any atom is 0.269 e. The van der Waals surface area contributed by atoms with Crippen LogP contribution in [0.4, 0.5) is 0 Å². The highest BCUT2D eigenvalue weighted by Gasteiger charge is 2.27. The minimum absolute atomic E-state index is 0.0931. The standard InChI is InChI=1S/C21H18ClN5O3S/c1-13-3-5-17(6-4-13)31(29,30)27-19(16-10-25-26(12-16)11-14(2)28)7-18-20(22)15(8-23)9-24-21(18)27/h3-7,9-10,12,14,28H,11H2,1-2H3/t14-/m1/s1. The predicted molar refractivity (Wildman–Crippen MR) is 116 cm³/mol. The van der Waals surface area contributed by atoms with Gasteiger partial charge in [0.15, 0.2) is 5.65 Å². The van der Waals surface area contributed by atoms with Crippen LogP contribution in [-0.2, 0) is 16.6 Å². The third-order valence-corrected chi connectivity index (χ3v) is 6.91. The van der Waals surface area contributed by atoms with Gasteiger partial charge in [0.1, 0.15) is 6.07 Å². The zero-order valence-corrected chi connectivity index (χ0v) is 18.3. The number of aliphatic hydroxyl groups excluding tert-OH is 1. The molecule has 3 aromatic heterocycles. The first-order valence-corrected chi connectivity index (χ1v) is 11.2. The number of benzene rings is 1. The highest BCUT2D eigenvalue weighted by molar-refractivity contribution is 7.90. The largest absolute Gasteiger partial charge is 0.391 e. The lowest BCUT2D eigenvalue weighted by atomic mass is 10.2. The molecule has 0 aliphatic carbocycles. The van der Waals surface area contributed by atoms with Crippen LogP contribution in [-0.4, -0.2) is 38.4 Å². The van der Waals surface area contributed by atoms with Gasteiger partial charge in [0, 0.05) is 23.3 Å². The lowest BCUT2D eigenvalue weighted by Gasteiger charge is -2.11. The molecule has 1 aromatic carbocycles. The predicted octanol–water partition coefficient (Wildman–Crippen LogP) is 3.35. The fraction of sp³-hybridized carbons (Fsp3) is 0.190. The number of nitriles is 1. The molecular formula is C21H18ClN5O3S. The van der Waals surface area contributed by atoms with Gasteiger partial charge in [-0.25, -0.2) is 17.4 Å². The number of pyridine rings is 1. The van der Waals surface area contributed by atoms with Crippen molar-refractivity contribution in [3.63, 3.8) is 0 Å². The van der Waals surface area contributed by atoms with E-state index < -0.39 is 16.1 Å². The number of aryl methyl sites for hydroxylation is 1. The van der Waals surface area contributed by atoms with E-state index >= 15 is 0 Å². The third-order valence-electron chi connectivity index (χ3n) is 4.78. The summed E-state index contributed by atoms with van der Waals surface area (Å²) in [4.78, 5) is 4.33. The molecule has 8 nitrogen and oxygen atoms in total. The van der Waals surface area contributed by atoms with E-state index in [2.05, 4.69) is 10.1 Å². The Hall–Kier alpha value is -3.19. The van der Waals surface area contributed by atoms with E-state index in [1.54, 1.807) is 31.3 Å². The Bertz CT molecular complexity index is 1430. The first-order valence-electron chi connectivity index (χ1n) is 9.35. The van der Waals surface area contributed by atoms with Gasteiger partial charge in [-0.05, 0) is 32.0 Å². The molecule has 0 fully saturated rings. The van der Waals surface area contributed by atoms with Crippen molar-refractivity contribution >= 4 is 32.7 Å². The molecule has 0 aliphatic heterocycles. The number of fused-ring (bicyclic) bond motifs is 1. The van der Waals surface area contributed by atoms with Crippen molar-refractivity contribution in [2.75, 3.05) is 0 Å². The van der Waals surface area contributed by atoms with Crippen LogP contribution < -0.4 is 0 Å². The molecule has 1 N–H and O–H groups in total. The summed E-state index contributed by atoms with van der Waals surface area (Å²) in [6, 6.07) is 10.0.